The molecule has 1 unspecified atom stereocenters. The number of benzene rings is 1. The van der Waals surface area contributed by atoms with Crippen LogP contribution in [-0.4, -0.2) is 66.1 Å². The molecule has 2 N–H and O–H groups in total. The molecule has 3 heterocycles. The Morgan fingerprint density at radius 1 is 1.20 bits per heavy atom. The fourth-order valence-corrected chi connectivity index (χ4v) is 4.05. The highest BCUT2D eigenvalue weighted by atomic mass is 16.5. The number of pyridine rings is 1. The molecule has 2 aliphatic heterocycles. The number of hydrogen-bond acceptors (Lipinski definition) is 5. The van der Waals surface area contributed by atoms with Crippen molar-refractivity contribution < 1.29 is 24.3 Å². The first-order valence-corrected chi connectivity index (χ1v) is 10.2. The van der Waals surface area contributed by atoms with Crippen molar-refractivity contribution in [3.8, 4) is 0 Å². The predicted molar refractivity (Wildman–Crippen MR) is 111 cm³/mol. The summed E-state index contributed by atoms with van der Waals surface area (Å²) in [5, 5.41) is 11.0. The van der Waals surface area contributed by atoms with E-state index in [9.17, 15) is 14.7 Å². The number of Topliss-reactive ketones (excluding diaryl/α,β-unsaturated/α-hetero) is 1. The molecule has 4 rings (SSSR count). The van der Waals surface area contributed by atoms with Crippen LogP contribution < -0.4 is 4.90 Å². The smallest absolute Gasteiger partial charge is 0.295 e. The lowest BCUT2D eigenvalue weighted by Gasteiger charge is -2.29. The van der Waals surface area contributed by atoms with Crippen LogP contribution >= 0.6 is 0 Å². The molecular weight excluding hydrogens is 382 g/mol. The van der Waals surface area contributed by atoms with Gasteiger partial charge in [-0.1, -0.05) is 35.9 Å². The molecule has 2 saturated heterocycles. The molecule has 0 bridgehead atoms. The van der Waals surface area contributed by atoms with Gasteiger partial charge in [0.1, 0.15) is 18.8 Å². The van der Waals surface area contributed by atoms with Crippen molar-refractivity contribution in [3.63, 3.8) is 0 Å². The third-order valence-electron chi connectivity index (χ3n) is 5.77. The lowest BCUT2D eigenvalue weighted by Crippen LogP contribution is -3.14. The molecule has 2 aliphatic rings. The summed E-state index contributed by atoms with van der Waals surface area (Å²) in [6.07, 6.45) is 3.29. The van der Waals surface area contributed by atoms with Crippen LogP contribution in [0.3, 0.4) is 0 Å². The summed E-state index contributed by atoms with van der Waals surface area (Å²) < 4.78 is 5.40. The topological polar surface area (TPSA) is 84.2 Å². The number of aliphatic hydroxyl groups is 1. The highest BCUT2D eigenvalue weighted by molar-refractivity contribution is 6.46. The summed E-state index contributed by atoms with van der Waals surface area (Å²) in [6.45, 7) is 6.26. The van der Waals surface area contributed by atoms with E-state index in [0.29, 0.717) is 30.9 Å². The predicted octanol–water partition coefficient (Wildman–Crippen LogP) is 0.727. The molecular formula is C23H26N3O4+. The van der Waals surface area contributed by atoms with Crippen molar-refractivity contribution in [2.45, 2.75) is 13.0 Å². The number of ketones is 1. The van der Waals surface area contributed by atoms with Gasteiger partial charge in [0, 0.05) is 18.0 Å². The van der Waals surface area contributed by atoms with E-state index in [2.05, 4.69) is 4.98 Å². The Bertz CT molecular complexity index is 950. The fourth-order valence-electron chi connectivity index (χ4n) is 4.05. The summed E-state index contributed by atoms with van der Waals surface area (Å²) >= 11 is 0. The summed E-state index contributed by atoms with van der Waals surface area (Å²) in [7, 11) is 0. The minimum absolute atomic E-state index is 0.119. The second-order valence-corrected chi connectivity index (χ2v) is 7.76. The van der Waals surface area contributed by atoms with Crippen LogP contribution in [0.5, 0.6) is 0 Å². The second-order valence-electron chi connectivity index (χ2n) is 7.76. The number of aliphatic hydroxyl groups excluding tert-OH is 1. The van der Waals surface area contributed by atoms with Crippen molar-refractivity contribution >= 4 is 17.4 Å². The van der Waals surface area contributed by atoms with Gasteiger partial charge in [-0.15, -0.1) is 0 Å². The minimum Gasteiger partial charge on any atom is -0.507 e. The number of nitrogens with one attached hydrogen (secondary N) is 1. The third-order valence-corrected chi connectivity index (χ3v) is 5.77. The highest BCUT2D eigenvalue weighted by Gasteiger charge is 2.46. The van der Waals surface area contributed by atoms with Gasteiger partial charge in [0.15, 0.2) is 0 Å². The highest BCUT2D eigenvalue weighted by Crippen LogP contribution is 2.38. The Kier molecular flexibility index (Phi) is 5.92. The van der Waals surface area contributed by atoms with Crippen molar-refractivity contribution in [1.82, 2.24) is 9.88 Å². The average Bonchev–Trinajstić information content (AvgIpc) is 3.04. The largest absolute Gasteiger partial charge is 0.507 e. The van der Waals surface area contributed by atoms with Gasteiger partial charge in [-0.25, -0.2) is 0 Å². The summed E-state index contributed by atoms with van der Waals surface area (Å²) in [6, 6.07) is 10.2. The Morgan fingerprint density at radius 2 is 1.93 bits per heavy atom. The maximum atomic E-state index is 13.0. The number of carbonyl (C=O) groups excluding carboxylic acids is 2. The number of ether oxygens (including phenoxy) is 1. The Morgan fingerprint density at radius 3 is 2.60 bits per heavy atom. The van der Waals surface area contributed by atoms with Crippen LogP contribution in [0.1, 0.15) is 22.7 Å². The molecule has 1 amide bonds. The van der Waals surface area contributed by atoms with E-state index in [1.54, 1.807) is 35.5 Å². The van der Waals surface area contributed by atoms with Gasteiger partial charge in [0.05, 0.1) is 37.9 Å². The molecule has 2 aromatic rings. The molecule has 7 heteroatoms. The number of carbonyl (C=O) groups is 2. The summed E-state index contributed by atoms with van der Waals surface area (Å²) in [5.74, 6) is -1.38. The van der Waals surface area contributed by atoms with Crippen LogP contribution in [0, 0.1) is 6.92 Å². The number of morpholine rings is 1. The fraction of sp³-hybridized carbons (Fsp3) is 0.348. The standard InChI is InChI=1S/C23H25N3O4/c1-16-4-6-17(7-5-16)21(27)19-20(18-3-2-8-24-15-18)26(23(29)22(19)28)10-9-25-11-13-30-14-12-25/h2-8,15,20,27H,9-14H2,1H3/p+1. The Labute approximate surface area is 175 Å². The maximum Gasteiger partial charge on any atom is 0.295 e. The Balaban J connectivity index is 1.71. The number of aryl methyl sites for hydroxylation is 1. The summed E-state index contributed by atoms with van der Waals surface area (Å²) in [5.41, 5.74) is 2.40. The first-order chi connectivity index (χ1) is 14.6. The molecule has 1 atom stereocenters. The number of amides is 1. The SMILES string of the molecule is Cc1ccc(C(O)=C2C(=O)C(=O)N(CC[NH+]3CCOCC3)C2c2cccnc2)cc1. The molecule has 2 fully saturated rings. The molecule has 7 nitrogen and oxygen atoms in total. The van der Waals surface area contributed by atoms with E-state index < -0.39 is 17.7 Å². The third kappa shape index (κ3) is 3.99. The number of hydrogen-bond donors (Lipinski definition) is 2. The second kappa shape index (κ2) is 8.77. The van der Waals surface area contributed by atoms with Crippen LogP contribution in [-0.2, 0) is 14.3 Å². The lowest BCUT2D eigenvalue weighted by atomic mass is 9.96. The van der Waals surface area contributed by atoms with E-state index in [-0.39, 0.29) is 11.3 Å². The van der Waals surface area contributed by atoms with Gasteiger partial charge in [-0.3, -0.25) is 14.6 Å². The first-order valence-electron chi connectivity index (χ1n) is 10.2. The van der Waals surface area contributed by atoms with Crippen LogP contribution in [0.4, 0.5) is 0 Å². The van der Waals surface area contributed by atoms with Crippen molar-refractivity contribution in [1.29, 1.82) is 0 Å². The first kappa shape index (κ1) is 20.3. The maximum absolute atomic E-state index is 13.0. The number of quaternary nitrogens is 1. The van der Waals surface area contributed by atoms with E-state index in [4.69, 9.17) is 4.74 Å². The average molecular weight is 408 g/mol. The number of nitrogens with zero attached hydrogens (tertiary/aromatic N) is 2. The molecule has 156 valence electrons. The van der Waals surface area contributed by atoms with Crippen molar-refractivity contribution in [2.24, 2.45) is 0 Å². The summed E-state index contributed by atoms with van der Waals surface area (Å²) in [4.78, 5) is 33.0. The number of aromatic nitrogens is 1. The zero-order chi connectivity index (χ0) is 21.1. The van der Waals surface area contributed by atoms with E-state index in [0.717, 1.165) is 25.2 Å². The van der Waals surface area contributed by atoms with E-state index in [1.807, 2.05) is 25.1 Å². The molecule has 0 radical (unpaired) electrons. The number of likely N-dealkylation sites (tertiary alicyclic amines) is 1. The van der Waals surface area contributed by atoms with E-state index >= 15 is 0 Å². The molecule has 1 aromatic heterocycles. The quantitative estimate of drug-likeness (QED) is 0.433. The van der Waals surface area contributed by atoms with Crippen molar-refractivity contribution in [2.75, 3.05) is 39.4 Å². The van der Waals surface area contributed by atoms with Gasteiger partial charge < -0.3 is 19.6 Å². The lowest BCUT2D eigenvalue weighted by molar-refractivity contribution is -0.907. The Hall–Kier alpha value is -3.03. The van der Waals surface area contributed by atoms with Gasteiger partial charge in [-0.2, -0.15) is 0 Å². The zero-order valence-corrected chi connectivity index (χ0v) is 17.0. The zero-order valence-electron chi connectivity index (χ0n) is 17.0. The normalized spacial score (nSPS) is 21.9. The monoisotopic (exact) mass is 408 g/mol. The van der Waals surface area contributed by atoms with E-state index in [1.165, 1.54) is 4.90 Å². The van der Waals surface area contributed by atoms with Gasteiger partial charge in [0.25, 0.3) is 11.7 Å². The van der Waals surface area contributed by atoms with Crippen molar-refractivity contribution in [3.05, 3.63) is 71.1 Å². The molecule has 1 aromatic carbocycles. The minimum atomic E-state index is -0.654. The van der Waals surface area contributed by atoms with Crippen LogP contribution in [0.15, 0.2) is 54.4 Å². The molecule has 30 heavy (non-hydrogen) atoms. The molecule has 0 saturated carbocycles. The number of rotatable bonds is 5. The van der Waals surface area contributed by atoms with Gasteiger partial charge in [-0.05, 0) is 18.6 Å². The van der Waals surface area contributed by atoms with Gasteiger partial charge in [0.2, 0.25) is 0 Å². The van der Waals surface area contributed by atoms with Crippen LogP contribution in [0.25, 0.3) is 5.76 Å². The van der Waals surface area contributed by atoms with Gasteiger partial charge >= 0.3 is 0 Å². The van der Waals surface area contributed by atoms with Crippen LogP contribution in [0.2, 0.25) is 0 Å². The molecule has 0 spiro atoms. The molecule has 0 aliphatic carbocycles.